The van der Waals surface area contributed by atoms with E-state index in [4.69, 9.17) is 18.0 Å². The molecule has 0 radical (unpaired) electrons. The molecule has 0 aliphatic rings. The largest absolute Gasteiger partial charge is 0.392 e. The van der Waals surface area contributed by atoms with Gasteiger partial charge in [-0.25, -0.2) is 8.42 Å². The molecule has 1 aromatic heterocycles. The van der Waals surface area contributed by atoms with Crippen LogP contribution in [-0.2, 0) is 10.0 Å². The highest BCUT2D eigenvalue weighted by Gasteiger charge is 2.23. The molecule has 16 heavy (non-hydrogen) atoms. The van der Waals surface area contributed by atoms with E-state index in [9.17, 15) is 8.42 Å². The van der Waals surface area contributed by atoms with Gasteiger partial charge in [-0.3, -0.25) is 4.98 Å². The predicted molar refractivity (Wildman–Crippen MR) is 65.5 cm³/mol. The topological polar surface area (TPSA) is 76.3 Å². The number of nitrogens with two attached hydrogens (primary N) is 1. The van der Waals surface area contributed by atoms with E-state index in [0.29, 0.717) is 6.54 Å². The molecule has 0 unspecified atom stereocenters. The molecule has 0 aliphatic carbocycles. The molecular formula is C9H13N3O2S2. The van der Waals surface area contributed by atoms with Crippen LogP contribution in [0.15, 0.2) is 29.4 Å². The van der Waals surface area contributed by atoms with E-state index in [1.54, 1.807) is 13.0 Å². The van der Waals surface area contributed by atoms with Crippen molar-refractivity contribution in [2.75, 3.05) is 13.1 Å². The molecule has 1 rings (SSSR count). The first kappa shape index (κ1) is 13.0. The number of sulfonamides is 1. The summed E-state index contributed by atoms with van der Waals surface area (Å²) in [6, 6.07) is 3.06. The molecule has 0 amide bonds. The zero-order chi connectivity index (χ0) is 12.2. The molecule has 1 heterocycles. The lowest BCUT2D eigenvalue weighted by molar-refractivity contribution is 0.467. The molecule has 0 atom stereocenters. The molecule has 1 aromatic rings. The second-order valence-electron chi connectivity index (χ2n) is 3.09. The summed E-state index contributed by atoms with van der Waals surface area (Å²) < 4.78 is 25.4. The molecule has 2 N–H and O–H groups in total. The number of rotatable bonds is 5. The fourth-order valence-corrected chi connectivity index (χ4v) is 2.82. The van der Waals surface area contributed by atoms with Gasteiger partial charge in [0.1, 0.15) is 4.90 Å². The van der Waals surface area contributed by atoms with Gasteiger partial charge in [0.05, 0.1) is 11.5 Å². The van der Waals surface area contributed by atoms with Crippen LogP contribution < -0.4 is 5.73 Å². The minimum absolute atomic E-state index is 0.0447. The Morgan fingerprint density at radius 2 is 2.31 bits per heavy atom. The number of hydrogen-bond donors (Lipinski definition) is 1. The van der Waals surface area contributed by atoms with Crippen LogP contribution in [0.5, 0.6) is 0 Å². The Bertz CT molecular complexity index is 459. The molecule has 0 bridgehead atoms. The van der Waals surface area contributed by atoms with Crippen molar-refractivity contribution in [2.24, 2.45) is 5.73 Å². The molecule has 5 nitrogen and oxygen atoms in total. The molecule has 0 aliphatic heterocycles. The molecule has 0 aromatic carbocycles. The lowest BCUT2D eigenvalue weighted by atomic mass is 10.5. The summed E-state index contributed by atoms with van der Waals surface area (Å²) >= 11 is 4.71. The summed E-state index contributed by atoms with van der Waals surface area (Å²) in [6.45, 7) is 2.09. The average Bonchev–Trinajstić information content (AvgIpc) is 2.26. The van der Waals surface area contributed by atoms with Crippen molar-refractivity contribution >= 4 is 27.2 Å². The van der Waals surface area contributed by atoms with Crippen molar-refractivity contribution < 1.29 is 8.42 Å². The molecule has 0 spiro atoms. The van der Waals surface area contributed by atoms with Gasteiger partial charge in [0.25, 0.3) is 0 Å². The van der Waals surface area contributed by atoms with Gasteiger partial charge in [-0.05, 0) is 12.1 Å². The maximum absolute atomic E-state index is 12.1. The third-order valence-corrected chi connectivity index (χ3v) is 3.99. The normalized spacial score (nSPS) is 11.6. The monoisotopic (exact) mass is 259 g/mol. The van der Waals surface area contributed by atoms with Gasteiger partial charge in [0, 0.05) is 18.9 Å². The van der Waals surface area contributed by atoms with E-state index in [1.165, 1.54) is 22.8 Å². The summed E-state index contributed by atoms with van der Waals surface area (Å²) in [4.78, 5) is 4.07. The lowest BCUT2D eigenvalue weighted by Crippen LogP contribution is -2.37. The Labute approximate surface area is 100 Å². The van der Waals surface area contributed by atoms with Crippen LogP contribution in [0.4, 0.5) is 0 Å². The number of nitrogens with zero attached hydrogens (tertiary/aromatic N) is 2. The van der Waals surface area contributed by atoms with Gasteiger partial charge >= 0.3 is 0 Å². The molecule has 0 saturated carbocycles. The van der Waals surface area contributed by atoms with Gasteiger partial charge in [0.15, 0.2) is 0 Å². The Morgan fingerprint density at radius 1 is 1.62 bits per heavy atom. The summed E-state index contributed by atoms with van der Waals surface area (Å²) in [6.07, 6.45) is 2.82. The molecule has 7 heteroatoms. The van der Waals surface area contributed by atoms with Crippen LogP contribution in [0.2, 0.25) is 0 Å². The van der Waals surface area contributed by atoms with E-state index in [0.717, 1.165) is 0 Å². The number of hydrogen-bond acceptors (Lipinski definition) is 4. The Hall–Kier alpha value is -1.05. The van der Waals surface area contributed by atoms with Gasteiger partial charge in [-0.2, -0.15) is 4.31 Å². The van der Waals surface area contributed by atoms with E-state index in [1.807, 2.05) is 0 Å². The number of aromatic nitrogens is 1. The van der Waals surface area contributed by atoms with E-state index >= 15 is 0 Å². The van der Waals surface area contributed by atoms with Crippen LogP contribution in [0.3, 0.4) is 0 Å². The van der Waals surface area contributed by atoms with Gasteiger partial charge in [-0.1, -0.05) is 19.1 Å². The maximum atomic E-state index is 12.1. The fourth-order valence-electron chi connectivity index (χ4n) is 1.19. The quantitative estimate of drug-likeness (QED) is 0.774. The predicted octanol–water partition coefficient (Wildman–Crippen LogP) is 0.378. The lowest BCUT2D eigenvalue weighted by Gasteiger charge is -2.19. The molecule has 88 valence electrons. The highest BCUT2D eigenvalue weighted by Crippen LogP contribution is 2.13. The number of likely N-dealkylation sites (N-methyl/N-ethyl adjacent to an activating group) is 1. The highest BCUT2D eigenvalue weighted by molar-refractivity contribution is 7.89. The van der Waals surface area contributed by atoms with Crippen molar-refractivity contribution in [3.8, 4) is 0 Å². The first-order valence-corrected chi connectivity index (χ1v) is 6.51. The van der Waals surface area contributed by atoms with E-state index in [2.05, 4.69) is 4.98 Å². The smallest absolute Gasteiger partial charge is 0.244 e. The zero-order valence-electron chi connectivity index (χ0n) is 8.83. The van der Waals surface area contributed by atoms with Crippen molar-refractivity contribution in [2.45, 2.75) is 11.8 Å². The second-order valence-corrected chi connectivity index (χ2v) is 5.55. The summed E-state index contributed by atoms with van der Waals surface area (Å²) in [5.41, 5.74) is 5.35. The Balaban J connectivity index is 3.05. The first-order valence-electron chi connectivity index (χ1n) is 4.67. The number of pyridine rings is 1. The minimum atomic E-state index is -3.54. The summed E-state index contributed by atoms with van der Waals surface area (Å²) in [7, 11) is -3.54. The molecule has 0 saturated heterocycles. The van der Waals surface area contributed by atoms with Crippen molar-refractivity contribution in [1.82, 2.24) is 9.29 Å². The Morgan fingerprint density at radius 3 is 2.75 bits per heavy atom. The Kier molecular flexibility index (Phi) is 4.34. The highest BCUT2D eigenvalue weighted by atomic mass is 32.2. The maximum Gasteiger partial charge on any atom is 0.244 e. The molecule has 0 fully saturated rings. The van der Waals surface area contributed by atoms with Gasteiger partial charge in [-0.15, -0.1) is 0 Å². The fraction of sp³-hybridized carbons (Fsp3) is 0.333. The van der Waals surface area contributed by atoms with Gasteiger partial charge in [0.2, 0.25) is 10.0 Å². The van der Waals surface area contributed by atoms with Crippen molar-refractivity contribution in [3.63, 3.8) is 0 Å². The number of thiocarbonyl (C=S) groups is 1. The summed E-state index contributed by atoms with van der Waals surface area (Å²) in [5, 5.41) is 0. The second kappa shape index (κ2) is 5.33. The average molecular weight is 259 g/mol. The van der Waals surface area contributed by atoms with Crippen molar-refractivity contribution in [1.29, 1.82) is 0 Å². The third-order valence-electron chi connectivity index (χ3n) is 1.96. The molecular weight excluding hydrogens is 246 g/mol. The van der Waals surface area contributed by atoms with Crippen LogP contribution in [0.25, 0.3) is 0 Å². The van der Waals surface area contributed by atoms with Crippen LogP contribution in [0.1, 0.15) is 6.92 Å². The van der Waals surface area contributed by atoms with Gasteiger partial charge < -0.3 is 5.73 Å². The third kappa shape index (κ3) is 2.97. The van der Waals surface area contributed by atoms with E-state index in [-0.39, 0.29) is 16.4 Å². The zero-order valence-corrected chi connectivity index (χ0v) is 10.5. The van der Waals surface area contributed by atoms with Crippen LogP contribution >= 0.6 is 12.2 Å². The summed E-state index contributed by atoms with van der Waals surface area (Å²) in [5.74, 6) is 0. The van der Waals surface area contributed by atoms with E-state index < -0.39 is 10.0 Å². The first-order chi connectivity index (χ1) is 7.48. The minimum Gasteiger partial charge on any atom is -0.392 e. The van der Waals surface area contributed by atoms with Crippen LogP contribution in [-0.4, -0.2) is 35.8 Å². The van der Waals surface area contributed by atoms with Crippen LogP contribution in [0, 0.1) is 0 Å². The standard InChI is InChI=1S/C9H13N3O2S2/c1-2-12(7-9(10)15)16(13,14)8-4-3-5-11-6-8/h3-6H,2,7H2,1H3,(H2,10,15). The van der Waals surface area contributed by atoms with Crippen molar-refractivity contribution in [3.05, 3.63) is 24.5 Å². The SMILES string of the molecule is CCN(CC(N)=S)S(=O)(=O)c1cccnc1.